The van der Waals surface area contributed by atoms with Crippen molar-refractivity contribution >= 4 is 22.9 Å². The second kappa shape index (κ2) is 7.82. The number of ether oxygens (including phenoxy) is 1. The molecule has 152 valence electrons. The maximum atomic E-state index is 14.5. The molecule has 29 heavy (non-hydrogen) atoms. The van der Waals surface area contributed by atoms with Crippen molar-refractivity contribution < 1.29 is 24.1 Å². The van der Waals surface area contributed by atoms with E-state index in [2.05, 4.69) is 15.0 Å². The van der Waals surface area contributed by atoms with Crippen LogP contribution >= 0.6 is 0 Å². The zero-order valence-electron chi connectivity index (χ0n) is 15.6. The van der Waals surface area contributed by atoms with Crippen LogP contribution in [0.1, 0.15) is 23.5 Å². The molecule has 1 aliphatic heterocycles. The number of halogens is 1. The lowest BCUT2D eigenvalue weighted by atomic mass is 10.1. The first-order valence-corrected chi connectivity index (χ1v) is 9.19. The summed E-state index contributed by atoms with van der Waals surface area (Å²) in [6.45, 7) is 1.63. The fraction of sp³-hybridized carbons (Fsp3) is 0.368. The molecule has 3 aromatic rings. The lowest BCUT2D eigenvalue weighted by Gasteiger charge is -2.20. The number of hydrogen-bond donors (Lipinski definition) is 2. The number of anilines is 1. The monoisotopic (exact) mass is 401 g/mol. The Morgan fingerprint density at radius 3 is 2.69 bits per heavy atom. The summed E-state index contributed by atoms with van der Waals surface area (Å²) in [6.07, 6.45) is -2.88. The van der Waals surface area contributed by atoms with Crippen molar-refractivity contribution in [2.24, 2.45) is 0 Å². The Kier molecular flexibility index (Phi) is 5.22. The first-order chi connectivity index (χ1) is 14.1. The van der Waals surface area contributed by atoms with Gasteiger partial charge >= 0.3 is 0 Å². The van der Waals surface area contributed by atoms with E-state index in [-0.39, 0.29) is 17.4 Å². The van der Waals surface area contributed by atoms with Crippen molar-refractivity contribution in [2.45, 2.75) is 31.5 Å². The second-order valence-corrected chi connectivity index (χ2v) is 6.62. The highest BCUT2D eigenvalue weighted by Crippen LogP contribution is 2.34. The number of amides is 1. The number of alkyl halides is 1. The molecule has 0 spiro atoms. The second-order valence-electron chi connectivity index (χ2n) is 6.62. The smallest absolute Gasteiger partial charge is 0.259 e. The number of aliphatic hydroxyl groups is 2. The van der Waals surface area contributed by atoms with Crippen LogP contribution in [0.4, 0.5) is 10.2 Å². The highest BCUT2D eigenvalue weighted by molar-refractivity contribution is 6.08. The van der Waals surface area contributed by atoms with Gasteiger partial charge in [-0.1, -0.05) is 18.2 Å². The van der Waals surface area contributed by atoms with Gasteiger partial charge in [-0.05, 0) is 19.1 Å². The van der Waals surface area contributed by atoms with Crippen molar-refractivity contribution in [3.63, 3.8) is 0 Å². The molecule has 4 atom stereocenters. The van der Waals surface area contributed by atoms with Crippen LogP contribution in [0.25, 0.3) is 11.2 Å². The lowest BCUT2D eigenvalue weighted by molar-refractivity contribution is -0.0459. The minimum atomic E-state index is -1.77. The normalized spacial score (nSPS) is 24.1. The molecule has 3 heterocycles. The van der Waals surface area contributed by atoms with Crippen molar-refractivity contribution in [1.82, 2.24) is 19.5 Å². The molecule has 1 saturated heterocycles. The van der Waals surface area contributed by atoms with Gasteiger partial charge in [0.2, 0.25) is 0 Å². The van der Waals surface area contributed by atoms with Crippen molar-refractivity contribution in [2.75, 3.05) is 18.1 Å². The predicted octanol–water partition coefficient (Wildman–Crippen LogP) is 1.08. The molecule has 1 amide bonds. The van der Waals surface area contributed by atoms with E-state index in [4.69, 9.17) is 4.74 Å². The molecule has 0 aliphatic carbocycles. The van der Waals surface area contributed by atoms with E-state index in [9.17, 15) is 19.4 Å². The largest absolute Gasteiger partial charge is 0.394 e. The highest BCUT2D eigenvalue weighted by atomic mass is 19.1. The highest BCUT2D eigenvalue weighted by Gasteiger charge is 2.45. The van der Waals surface area contributed by atoms with Crippen molar-refractivity contribution in [1.29, 1.82) is 0 Å². The standard InChI is InChI=1S/C19H20FN5O4/c1-2-24(18(28)11-6-4-3-5-7-11)16-14-17(22-9-21-16)25(10-23-14)19-13(20)15(27)12(8-26)29-19/h3-7,9-10,12-13,15,19,26-27H,2,8H2,1H3/t12-,13+,15?,19-/m1/s1. The third kappa shape index (κ3) is 3.24. The van der Waals surface area contributed by atoms with Crippen LogP contribution in [0.3, 0.4) is 0 Å². The topological polar surface area (TPSA) is 114 Å². The average molecular weight is 401 g/mol. The van der Waals surface area contributed by atoms with E-state index in [1.54, 1.807) is 24.3 Å². The number of carbonyl (C=O) groups is 1. The number of aromatic nitrogens is 4. The van der Waals surface area contributed by atoms with Crippen LogP contribution in [0.5, 0.6) is 0 Å². The minimum Gasteiger partial charge on any atom is -0.394 e. The summed E-state index contributed by atoms with van der Waals surface area (Å²) in [6, 6.07) is 8.78. The van der Waals surface area contributed by atoms with Gasteiger partial charge in [-0.3, -0.25) is 14.3 Å². The molecule has 1 fully saturated rings. The first-order valence-electron chi connectivity index (χ1n) is 9.19. The summed E-state index contributed by atoms with van der Waals surface area (Å²) in [4.78, 5) is 27.1. The molecule has 2 aromatic heterocycles. The number of benzene rings is 1. The fourth-order valence-electron chi connectivity index (χ4n) is 3.43. The summed E-state index contributed by atoms with van der Waals surface area (Å²) in [5.74, 6) is 0.0386. The molecule has 0 radical (unpaired) electrons. The van der Waals surface area contributed by atoms with Crippen LogP contribution in [0.15, 0.2) is 43.0 Å². The number of fused-ring (bicyclic) bond motifs is 1. The fourth-order valence-corrected chi connectivity index (χ4v) is 3.43. The summed E-state index contributed by atoms with van der Waals surface area (Å²) in [5, 5.41) is 19.2. The van der Waals surface area contributed by atoms with Gasteiger partial charge in [0, 0.05) is 12.1 Å². The van der Waals surface area contributed by atoms with Gasteiger partial charge in [0.05, 0.1) is 12.9 Å². The van der Waals surface area contributed by atoms with E-state index >= 15 is 0 Å². The Hall–Kier alpha value is -2.95. The van der Waals surface area contributed by atoms with E-state index in [1.807, 2.05) is 13.0 Å². The van der Waals surface area contributed by atoms with Gasteiger partial charge in [0.25, 0.3) is 5.91 Å². The number of carbonyl (C=O) groups excluding carboxylic acids is 1. The molecule has 1 unspecified atom stereocenters. The quantitative estimate of drug-likeness (QED) is 0.658. The van der Waals surface area contributed by atoms with E-state index in [1.165, 1.54) is 22.1 Å². The molecule has 9 nitrogen and oxygen atoms in total. The molecule has 1 aliphatic rings. The Balaban J connectivity index is 1.73. The van der Waals surface area contributed by atoms with E-state index in [0.29, 0.717) is 17.6 Å². The number of rotatable bonds is 5. The Morgan fingerprint density at radius 1 is 1.28 bits per heavy atom. The van der Waals surface area contributed by atoms with E-state index in [0.717, 1.165) is 0 Å². The van der Waals surface area contributed by atoms with Gasteiger partial charge in [0.15, 0.2) is 29.4 Å². The van der Waals surface area contributed by atoms with Gasteiger partial charge < -0.3 is 14.9 Å². The molecule has 2 N–H and O–H groups in total. The average Bonchev–Trinajstić information content (AvgIpc) is 3.31. The summed E-state index contributed by atoms with van der Waals surface area (Å²) in [5.41, 5.74) is 1.06. The van der Waals surface area contributed by atoms with Gasteiger partial charge in [-0.25, -0.2) is 19.3 Å². The Bertz CT molecular complexity index is 1010. The van der Waals surface area contributed by atoms with Gasteiger partial charge in [0.1, 0.15) is 18.5 Å². The minimum absolute atomic E-state index is 0.251. The first kappa shape index (κ1) is 19.4. The summed E-state index contributed by atoms with van der Waals surface area (Å²) < 4.78 is 21.3. The summed E-state index contributed by atoms with van der Waals surface area (Å²) in [7, 11) is 0. The molecule has 0 saturated carbocycles. The van der Waals surface area contributed by atoms with Crippen LogP contribution < -0.4 is 4.90 Å². The summed E-state index contributed by atoms with van der Waals surface area (Å²) >= 11 is 0. The van der Waals surface area contributed by atoms with Gasteiger partial charge in [-0.15, -0.1) is 0 Å². The molecule has 4 rings (SSSR count). The van der Waals surface area contributed by atoms with Crippen molar-refractivity contribution in [3.8, 4) is 0 Å². The Morgan fingerprint density at radius 2 is 2.03 bits per heavy atom. The van der Waals surface area contributed by atoms with Crippen LogP contribution in [0.2, 0.25) is 0 Å². The molecular weight excluding hydrogens is 381 g/mol. The van der Waals surface area contributed by atoms with Crippen LogP contribution in [-0.4, -0.2) is 67.2 Å². The molecule has 10 heteroatoms. The zero-order chi connectivity index (χ0) is 20.5. The maximum Gasteiger partial charge on any atom is 0.259 e. The zero-order valence-corrected chi connectivity index (χ0v) is 15.6. The maximum absolute atomic E-state index is 14.5. The third-order valence-electron chi connectivity index (χ3n) is 4.93. The number of nitrogens with zero attached hydrogens (tertiary/aromatic N) is 5. The van der Waals surface area contributed by atoms with Crippen LogP contribution in [0, 0.1) is 0 Å². The third-order valence-corrected chi connectivity index (χ3v) is 4.93. The van der Waals surface area contributed by atoms with Crippen molar-refractivity contribution in [3.05, 3.63) is 48.5 Å². The molecule has 1 aromatic carbocycles. The number of hydrogen-bond acceptors (Lipinski definition) is 7. The number of imidazole rings is 1. The van der Waals surface area contributed by atoms with Crippen LogP contribution in [-0.2, 0) is 4.74 Å². The van der Waals surface area contributed by atoms with Gasteiger partial charge in [-0.2, -0.15) is 0 Å². The van der Waals surface area contributed by atoms with E-state index < -0.39 is 31.2 Å². The predicted molar refractivity (Wildman–Crippen MR) is 101 cm³/mol. The Labute approximate surface area is 165 Å². The SMILES string of the molecule is CCN(C(=O)c1ccccc1)c1ncnc2c1ncn2[C@@H]1O[C@H](CO)C(O)[C@@H]1F. The molecule has 0 bridgehead atoms. The number of aliphatic hydroxyl groups excluding tert-OH is 2. The molecular formula is C19H20FN5O4. The lowest BCUT2D eigenvalue weighted by Crippen LogP contribution is -2.31.